The minimum absolute atomic E-state index is 0.162. The molecule has 36 heavy (non-hydrogen) atoms. The molecule has 0 atom stereocenters. The van der Waals surface area contributed by atoms with Gasteiger partial charge in [-0.2, -0.15) is 8.42 Å². The summed E-state index contributed by atoms with van der Waals surface area (Å²) >= 11 is 0. The summed E-state index contributed by atoms with van der Waals surface area (Å²) in [4.78, 5) is 26.4. The van der Waals surface area contributed by atoms with Crippen LogP contribution in [0.5, 0.6) is 5.75 Å². The summed E-state index contributed by atoms with van der Waals surface area (Å²) in [7, 11) is -4.14. The first-order valence-corrected chi connectivity index (χ1v) is 14.3. The van der Waals surface area contributed by atoms with Crippen LogP contribution in [0.3, 0.4) is 0 Å². The van der Waals surface area contributed by atoms with Gasteiger partial charge in [-0.05, 0) is 61.8 Å². The molecule has 2 aliphatic heterocycles. The molecule has 2 saturated heterocycles. The molecule has 10 heteroatoms. The fourth-order valence-electron chi connectivity index (χ4n) is 4.81. The number of hydrogen-bond donors (Lipinski definition) is 1. The van der Waals surface area contributed by atoms with Gasteiger partial charge >= 0.3 is 0 Å². The monoisotopic (exact) mass is 513 g/mol. The van der Waals surface area contributed by atoms with Crippen LogP contribution in [0.2, 0.25) is 0 Å². The minimum atomic E-state index is -4.14. The van der Waals surface area contributed by atoms with Gasteiger partial charge in [0.1, 0.15) is 5.82 Å². The minimum Gasteiger partial charge on any atom is -0.474 e. The summed E-state index contributed by atoms with van der Waals surface area (Å²) in [5.41, 5.74) is -0.0226. The number of piperidine rings is 1. The van der Waals surface area contributed by atoms with Gasteiger partial charge in [-0.15, -0.1) is 0 Å². The third-order valence-corrected chi connectivity index (χ3v) is 8.68. The smallest absolute Gasteiger partial charge is 0.281 e. The van der Waals surface area contributed by atoms with E-state index in [-0.39, 0.29) is 10.4 Å². The van der Waals surface area contributed by atoms with Gasteiger partial charge < -0.3 is 14.5 Å². The van der Waals surface area contributed by atoms with Gasteiger partial charge in [-0.25, -0.2) is 14.7 Å². The van der Waals surface area contributed by atoms with Crippen molar-refractivity contribution in [1.29, 1.82) is 0 Å². The maximum absolute atomic E-state index is 13.2. The summed E-state index contributed by atoms with van der Waals surface area (Å²) in [5, 5.41) is -0.162. The lowest BCUT2D eigenvalue weighted by molar-refractivity contribution is -0.127. The molecule has 194 valence electrons. The van der Waals surface area contributed by atoms with E-state index in [4.69, 9.17) is 4.74 Å². The van der Waals surface area contributed by atoms with Gasteiger partial charge in [-0.1, -0.05) is 19.9 Å². The molecule has 0 spiro atoms. The highest BCUT2D eigenvalue weighted by molar-refractivity contribution is 7.90. The van der Waals surface area contributed by atoms with Gasteiger partial charge in [0.2, 0.25) is 0 Å². The van der Waals surface area contributed by atoms with Gasteiger partial charge in [0, 0.05) is 45.2 Å². The van der Waals surface area contributed by atoms with Crippen LogP contribution < -0.4 is 19.3 Å². The average molecular weight is 514 g/mol. The summed E-state index contributed by atoms with van der Waals surface area (Å²) < 4.78 is 34.7. The lowest BCUT2D eigenvalue weighted by Crippen LogP contribution is -2.44. The molecule has 1 N–H and O–H groups in total. The number of amides is 1. The second-order valence-electron chi connectivity index (χ2n) is 11.0. The number of hydrogen-bond acceptors (Lipinski definition) is 8. The Morgan fingerprint density at radius 1 is 1.03 bits per heavy atom. The number of carbonyl (C=O) groups excluding carboxylic acids is 1. The van der Waals surface area contributed by atoms with E-state index in [0.717, 1.165) is 57.4 Å². The first-order valence-electron chi connectivity index (χ1n) is 12.8. The molecule has 0 radical (unpaired) electrons. The quantitative estimate of drug-likeness (QED) is 0.601. The largest absolute Gasteiger partial charge is 0.474 e. The molecular weight excluding hydrogens is 478 g/mol. The number of anilines is 2. The van der Waals surface area contributed by atoms with Crippen molar-refractivity contribution in [1.82, 2.24) is 14.7 Å². The lowest BCUT2D eigenvalue weighted by atomic mass is 9.83. The first kappa shape index (κ1) is 24.8. The van der Waals surface area contributed by atoms with E-state index in [1.54, 1.807) is 18.3 Å². The van der Waals surface area contributed by atoms with E-state index in [2.05, 4.69) is 38.3 Å². The molecule has 1 saturated carbocycles. The summed E-state index contributed by atoms with van der Waals surface area (Å²) in [6.07, 6.45) is 6.86. The predicted octanol–water partition coefficient (Wildman–Crippen LogP) is 3.43. The second kappa shape index (κ2) is 9.21. The number of aromatic nitrogens is 2. The van der Waals surface area contributed by atoms with Crippen LogP contribution >= 0.6 is 0 Å². The molecule has 2 aromatic rings. The van der Waals surface area contributed by atoms with Gasteiger partial charge in [0.15, 0.2) is 22.2 Å². The highest BCUT2D eigenvalue weighted by atomic mass is 32.2. The molecule has 4 heterocycles. The third kappa shape index (κ3) is 5.14. The van der Waals surface area contributed by atoms with Crippen molar-refractivity contribution in [2.45, 2.75) is 69.9 Å². The van der Waals surface area contributed by atoms with Gasteiger partial charge in [-0.3, -0.25) is 4.79 Å². The van der Waals surface area contributed by atoms with Crippen LogP contribution in [0.4, 0.5) is 11.6 Å². The van der Waals surface area contributed by atoms with E-state index < -0.39 is 21.5 Å². The van der Waals surface area contributed by atoms with E-state index in [1.165, 1.54) is 6.07 Å². The van der Waals surface area contributed by atoms with E-state index in [9.17, 15) is 13.2 Å². The summed E-state index contributed by atoms with van der Waals surface area (Å²) in [5.74, 6) is 1.18. The molecule has 0 bridgehead atoms. The Kier molecular flexibility index (Phi) is 6.34. The molecule has 2 aromatic heterocycles. The molecule has 0 unspecified atom stereocenters. The molecule has 3 aliphatic rings. The molecule has 0 aromatic carbocycles. The Hall–Kier alpha value is -2.88. The lowest BCUT2D eigenvalue weighted by Gasteiger charge is -2.38. The number of rotatable bonds is 7. The standard InChI is InChI=1S/C26H35N5O4S/c1-19-17-20(23(27-18-19)31-15-11-25(2,3)12-16-31)35-26(9-10-26)24(32)29-36(33,34)22-8-6-7-21(28-22)30-13-4-5-14-30/h6-8,17-18H,4-5,9-16H2,1-3H3,(H,29,32). The van der Waals surface area contributed by atoms with Crippen LogP contribution in [0.25, 0.3) is 0 Å². The topological polar surface area (TPSA) is 105 Å². The number of aryl methyl sites for hydroxylation is 1. The molecule has 5 rings (SSSR count). The van der Waals surface area contributed by atoms with E-state index in [1.807, 2.05) is 13.0 Å². The zero-order valence-corrected chi connectivity index (χ0v) is 22.1. The Balaban J connectivity index is 1.33. The number of pyridine rings is 2. The molecule has 1 amide bonds. The van der Waals surface area contributed by atoms with Crippen molar-refractivity contribution < 1.29 is 17.9 Å². The van der Waals surface area contributed by atoms with Crippen molar-refractivity contribution in [3.05, 3.63) is 36.0 Å². The number of nitrogens with zero attached hydrogens (tertiary/aromatic N) is 4. The zero-order valence-electron chi connectivity index (χ0n) is 21.3. The highest BCUT2D eigenvalue weighted by Gasteiger charge is 2.55. The van der Waals surface area contributed by atoms with Crippen LogP contribution in [0, 0.1) is 12.3 Å². The first-order chi connectivity index (χ1) is 17.1. The van der Waals surface area contributed by atoms with Crippen molar-refractivity contribution in [2.24, 2.45) is 5.41 Å². The second-order valence-corrected chi connectivity index (χ2v) is 12.7. The fraction of sp³-hybridized carbons (Fsp3) is 0.577. The highest BCUT2D eigenvalue weighted by Crippen LogP contribution is 2.44. The number of ether oxygens (including phenoxy) is 1. The molecular formula is C26H35N5O4S. The zero-order chi connectivity index (χ0) is 25.6. The Morgan fingerprint density at radius 3 is 2.39 bits per heavy atom. The fourth-order valence-corrected chi connectivity index (χ4v) is 5.82. The SMILES string of the molecule is Cc1cnc(N2CCC(C)(C)CC2)c(OC2(C(=O)NS(=O)(=O)c3cccc(N4CCCC4)n3)CC2)c1. The maximum atomic E-state index is 13.2. The van der Waals surface area contributed by atoms with Crippen molar-refractivity contribution in [3.8, 4) is 5.75 Å². The van der Waals surface area contributed by atoms with Gasteiger partial charge in [0.05, 0.1) is 0 Å². The van der Waals surface area contributed by atoms with Crippen LogP contribution in [0.1, 0.15) is 57.9 Å². The average Bonchev–Trinajstić information content (AvgIpc) is 3.41. The van der Waals surface area contributed by atoms with Gasteiger partial charge in [0.25, 0.3) is 15.9 Å². The van der Waals surface area contributed by atoms with Crippen molar-refractivity contribution in [3.63, 3.8) is 0 Å². The van der Waals surface area contributed by atoms with Crippen LogP contribution in [0.15, 0.2) is 35.5 Å². The summed E-state index contributed by atoms with van der Waals surface area (Å²) in [6.45, 7) is 9.86. The molecule has 9 nitrogen and oxygen atoms in total. The van der Waals surface area contributed by atoms with Crippen LogP contribution in [-0.2, 0) is 14.8 Å². The number of sulfonamides is 1. The Morgan fingerprint density at radius 2 is 1.72 bits per heavy atom. The maximum Gasteiger partial charge on any atom is 0.281 e. The molecule has 3 fully saturated rings. The van der Waals surface area contributed by atoms with E-state index in [0.29, 0.717) is 30.2 Å². The third-order valence-electron chi connectivity index (χ3n) is 7.45. The Bertz CT molecular complexity index is 1240. The van der Waals surface area contributed by atoms with Crippen molar-refractivity contribution in [2.75, 3.05) is 36.0 Å². The Labute approximate surface area is 213 Å². The van der Waals surface area contributed by atoms with E-state index >= 15 is 0 Å². The molecule has 1 aliphatic carbocycles. The number of carbonyl (C=O) groups is 1. The number of nitrogens with one attached hydrogen (secondary N) is 1. The summed E-state index contributed by atoms with van der Waals surface area (Å²) in [6, 6.07) is 6.75. The van der Waals surface area contributed by atoms with Crippen LogP contribution in [-0.4, -0.2) is 56.1 Å². The van der Waals surface area contributed by atoms with Crippen molar-refractivity contribution >= 4 is 27.6 Å². The predicted molar refractivity (Wildman–Crippen MR) is 138 cm³/mol. The normalized spacial score (nSPS) is 20.8.